The van der Waals surface area contributed by atoms with Crippen molar-refractivity contribution >= 4 is 22.1 Å². The molecule has 1 atom stereocenters. The first-order chi connectivity index (χ1) is 8.11. The van der Waals surface area contributed by atoms with E-state index in [0.29, 0.717) is 0 Å². The van der Waals surface area contributed by atoms with Crippen molar-refractivity contribution < 1.29 is 83.8 Å². The summed E-state index contributed by atoms with van der Waals surface area (Å²) < 4.78 is 32.1. The summed E-state index contributed by atoms with van der Waals surface area (Å²) in [6.45, 7) is 5.98. The zero-order chi connectivity index (χ0) is 14.8. The number of esters is 1. The molecule has 0 saturated carbocycles. The molecule has 0 aliphatic rings. The Morgan fingerprint density at radius 3 is 2.11 bits per heavy atom. The number of carbonyl (C=O) groups is 2. The van der Waals surface area contributed by atoms with Gasteiger partial charge in [0, 0.05) is 6.08 Å². The van der Waals surface area contributed by atoms with Gasteiger partial charge in [0.1, 0.15) is 6.61 Å². The topological polar surface area (TPSA) is 118 Å². The number of hydrogen-bond acceptors (Lipinski definition) is 5. The molecule has 0 aromatic rings. The Kier molecular flexibility index (Phi) is 16.9. The van der Waals surface area contributed by atoms with Crippen LogP contribution in [0, 0.1) is 6.92 Å². The summed E-state index contributed by atoms with van der Waals surface area (Å²) in [5.41, 5.74) is 0. The van der Waals surface area contributed by atoms with Crippen LogP contribution in [0.15, 0.2) is 12.2 Å². The fourth-order valence-electron chi connectivity index (χ4n) is 0.423. The van der Waals surface area contributed by atoms with E-state index in [-0.39, 0.29) is 64.4 Å². The van der Waals surface area contributed by atoms with Crippen LogP contribution in [0.3, 0.4) is 0 Å². The summed E-state index contributed by atoms with van der Waals surface area (Å²) >= 11 is 0. The van der Waals surface area contributed by atoms with E-state index in [1.807, 2.05) is 0 Å². The Morgan fingerprint density at radius 2 is 1.84 bits per heavy atom. The van der Waals surface area contributed by atoms with Crippen LogP contribution in [0.4, 0.5) is 0 Å². The zero-order valence-corrected chi connectivity index (χ0v) is 15.1. The molecule has 0 saturated heterocycles. The van der Waals surface area contributed by atoms with Gasteiger partial charge >= 0.3 is 63.3 Å². The summed E-state index contributed by atoms with van der Waals surface area (Å²) in [4.78, 5) is 20.5. The number of allylic oxidation sites excluding steroid dienone is 1. The van der Waals surface area contributed by atoms with Gasteiger partial charge in [-0.1, -0.05) is 13.0 Å². The number of rotatable bonds is 5. The largest absolute Gasteiger partial charge is 1.00 e. The molecule has 0 heterocycles. The molecular weight excluding hydrogens is 303 g/mol. The minimum atomic E-state index is -3.85. The van der Waals surface area contributed by atoms with Gasteiger partial charge in [-0.3, -0.25) is 9.35 Å². The Labute approximate surface area is 155 Å². The molecule has 0 bridgehead atoms. The smallest absolute Gasteiger partial charge is 0.481 e. The standard InChI is InChI=1S/C7H10O4.C3H7O3S.K/c1-2-3-7(10)11-5-4-6(8)9;1-3(2)7(4,5)6;/h2-3H,4-5H2,1H3,(H,8,9);3H,1H2,2H3,(H,4,5,6);/q;-1;+1. The van der Waals surface area contributed by atoms with Crippen molar-refractivity contribution in [1.29, 1.82) is 0 Å². The molecule has 0 amide bonds. The molecule has 7 nitrogen and oxygen atoms in total. The van der Waals surface area contributed by atoms with Gasteiger partial charge in [-0.25, -0.2) is 13.2 Å². The number of aliphatic carboxylic acids is 1. The summed E-state index contributed by atoms with van der Waals surface area (Å²) in [7, 11) is -3.85. The van der Waals surface area contributed by atoms with E-state index >= 15 is 0 Å². The number of carboxylic acids is 1. The molecule has 0 rings (SSSR count). The van der Waals surface area contributed by atoms with Crippen molar-refractivity contribution in [2.24, 2.45) is 0 Å². The number of carboxylic acid groups (broad SMARTS) is 1. The van der Waals surface area contributed by atoms with Crippen molar-refractivity contribution in [2.45, 2.75) is 25.5 Å². The SMILES string of the molecule is CC=CC(=O)OCCC(=O)O.[CH2-]C(C)S(=O)(=O)O.[K+]. The van der Waals surface area contributed by atoms with E-state index < -0.39 is 27.3 Å². The molecule has 0 radical (unpaired) electrons. The number of hydrogen-bond donors (Lipinski definition) is 2. The van der Waals surface area contributed by atoms with E-state index in [4.69, 9.17) is 9.66 Å². The van der Waals surface area contributed by atoms with E-state index in [9.17, 15) is 18.0 Å². The fraction of sp³-hybridized carbons (Fsp3) is 0.500. The van der Waals surface area contributed by atoms with Crippen LogP contribution in [-0.4, -0.2) is 41.9 Å². The van der Waals surface area contributed by atoms with Crippen LogP contribution in [0.2, 0.25) is 0 Å². The summed E-state index contributed by atoms with van der Waals surface area (Å²) in [5.74, 6) is -1.48. The van der Waals surface area contributed by atoms with Crippen LogP contribution in [0.25, 0.3) is 0 Å². The second-order valence-electron chi connectivity index (χ2n) is 3.14. The van der Waals surface area contributed by atoms with E-state index in [1.165, 1.54) is 19.1 Å². The second-order valence-corrected chi connectivity index (χ2v) is 4.97. The van der Waals surface area contributed by atoms with Gasteiger partial charge in [0.2, 0.25) is 10.1 Å². The van der Waals surface area contributed by atoms with Gasteiger partial charge in [0.25, 0.3) is 0 Å². The van der Waals surface area contributed by atoms with Gasteiger partial charge in [-0.2, -0.15) is 0 Å². The Bertz CT molecular complexity index is 387. The summed E-state index contributed by atoms with van der Waals surface area (Å²) in [6.07, 6.45) is 2.62. The van der Waals surface area contributed by atoms with Crippen molar-refractivity contribution in [3.8, 4) is 0 Å². The molecule has 0 aromatic carbocycles. The van der Waals surface area contributed by atoms with Gasteiger partial charge in [-0.05, 0) is 12.2 Å². The van der Waals surface area contributed by atoms with Gasteiger partial charge in [-0.15, -0.1) is 0 Å². The molecule has 0 aliphatic heterocycles. The van der Waals surface area contributed by atoms with Gasteiger partial charge in [0.05, 0.1) is 6.42 Å². The van der Waals surface area contributed by atoms with Crippen LogP contribution in [-0.2, 0) is 24.4 Å². The van der Waals surface area contributed by atoms with Crippen molar-refractivity contribution in [2.75, 3.05) is 6.61 Å². The second kappa shape index (κ2) is 13.2. The predicted molar refractivity (Wildman–Crippen MR) is 64.4 cm³/mol. The first-order valence-corrected chi connectivity index (χ1v) is 6.42. The van der Waals surface area contributed by atoms with Crippen molar-refractivity contribution in [3.05, 3.63) is 19.1 Å². The molecule has 0 aliphatic carbocycles. The molecule has 106 valence electrons. The predicted octanol–water partition coefficient (Wildman–Crippen LogP) is -2.32. The maximum Gasteiger partial charge on any atom is 1.00 e. The Morgan fingerprint density at radius 1 is 1.42 bits per heavy atom. The van der Waals surface area contributed by atoms with E-state index in [0.717, 1.165) is 0 Å². The molecule has 2 N–H and O–H groups in total. The minimum Gasteiger partial charge on any atom is -0.481 e. The monoisotopic (exact) mass is 320 g/mol. The molecule has 9 heteroatoms. The average molecular weight is 320 g/mol. The Hall–Kier alpha value is 0.226. The zero-order valence-electron chi connectivity index (χ0n) is 11.2. The molecule has 19 heavy (non-hydrogen) atoms. The molecule has 0 spiro atoms. The minimum absolute atomic E-state index is 0. The summed E-state index contributed by atoms with van der Waals surface area (Å²) in [6, 6.07) is 0. The normalized spacial score (nSPS) is 11.8. The summed E-state index contributed by atoms with van der Waals surface area (Å²) in [5, 5.41) is 7.22. The number of ether oxygens (including phenoxy) is 1. The van der Waals surface area contributed by atoms with Crippen molar-refractivity contribution in [1.82, 2.24) is 0 Å². The van der Waals surface area contributed by atoms with E-state index in [2.05, 4.69) is 11.7 Å². The number of carbonyl (C=O) groups excluding carboxylic acids is 1. The third-order valence-electron chi connectivity index (χ3n) is 1.37. The van der Waals surface area contributed by atoms with Gasteiger partial charge < -0.3 is 16.8 Å². The average Bonchev–Trinajstić information content (AvgIpc) is 2.16. The molecular formula is C10H17KO7S. The van der Waals surface area contributed by atoms with Crippen LogP contribution >= 0.6 is 0 Å². The van der Waals surface area contributed by atoms with Crippen LogP contribution < -0.4 is 51.4 Å². The maximum absolute atomic E-state index is 10.5. The molecule has 0 fully saturated rings. The quantitative estimate of drug-likeness (QED) is 0.192. The molecule has 0 aromatic heterocycles. The third-order valence-corrected chi connectivity index (χ3v) is 2.39. The van der Waals surface area contributed by atoms with Crippen LogP contribution in [0.5, 0.6) is 0 Å². The first-order valence-electron chi connectivity index (χ1n) is 4.91. The first kappa shape index (κ1) is 24.3. The molecule has 1 unspecified atom stereocenters. The van der Waals surface area contributed by atoms with Crippen molar-refractivity contribution in [3.63, 3.8) is 0 Å². The Balaban J connectivity index is -0.000000280. The maximum atomic E-state index is 10.5. The van der Waals surface area contributed by atoms with Crippen LogP contribution in [0.1, 0.15) is 20.3 Å². The van der Waals surface area contributed by atoms with E-state index in [1.54, 1.807) is 6.92 Å². The van der Waals surface area contributed by atoms with Gasteiger partial charge in [0.15, 0.2) is 0 Å². The fourth-order valence-corrected chi connectivity index (χ4v) is 0.423. The third kappa shape index (κ3) is 20.7.